The van der Waals surface area contributed by atoms with Crippen LogP contribution in [-0.4, -0.2) is 20.1 Å². The zero-order chi connectivity index (χ0) is 8.77. The van der Waals surface area contributed by atoms with Crippen molar-refractivity contribution in [3.8, 4) is 0 Å². The molecule has 1 atom stereocenters. The molecule has 0 saturated heterocycles. The Hall–Kier alpha value is -0.240. The summed E-state index contributed by atoms with van der Waals surface area (Å²) in [4.78, 5) is 10.9. The van der Waals surface area contributed by atoms with Crippen LogP contribution in [0.5, 0.6) is 0 Å². The molecule has 2 rings (SSSR count). The van der Waals surface area contributed by atoms with Crippen molar-refractivity contribution in [3.05, 3.63) is 29.8 Å². The second-order valence-electron chi connectivity index (χ2n) is 2.37. The van der Waals surface area contributed by atoms with Gasteiger partial charge in [0, 0.05) is 14.9 Å². The molecule has 14 heavy (non-hydrogen) atoms. The second kappa shape index (κ2) is 4.52. The quantitative estimate of drug-likeness (QED) is 0.437. The fourth-order valence-corrected chi connectivity index (χ4v) is 2.17. The molecule has 0 saturated carbocycles. The second-order valence-corrected chi connectivity index (χ2v) is 3.94. The van der Waals surface area contributed by atoms with Gasteiger partial charge in [-0.15, -0.1) is 0 Å². The van der Waals surface area contributed by atoms with Gasteiger partial charge in [0.2, 0.25) is 0 Å². The van der Waals surface area contributed by atoms with E-state index in [2.05, 4.69) is 4.36 Å². The maximum atomic E-state index is 11.1. The largest absolute Gasteiger partial charge is 1.00 e. The van der Waals surface area contributed by atoms with Gasteiger partial charge in [-0.25, -0.2) is 0 Å². The molecule has 1 aliphatic rings. The van der Waals surface area contributed by atoms with Gasteiger partial charge in [-0.3, -0.25) is 9.00 Å². The Morgan fingerprint density at radius 2 is 1.86 bits per heavy atom. The fraction of sp³-hybridized carbons (Fsp3) is 0. The van der Waals surface area contributed by atoms with Crippen molar-refractivity contribution in [1.82, 2.24) is 0 Å². The molecule has 0 radical (unpaired) electrons. The van der Waals surface area contributed by atoms with Gasteiger partial charge < -0.3 is 10.0 Å². The maximum Gasteiger partial charge on any atom is 1.00 e. The van der Waals surface area contributed by atoms with Crippen molar-refractivity contribution < 1.29 is 48.6 Å². The van der Waals surface area contributed by atoms with E-state index in [1.807, 2.05) is 0 Å². The van der Waals surface area contributed by atoms with Gasteiger partial charge in [0.05, 0.1) is 5.56 Å². The SMILES string of the molecule is O.O=C1N=S(=O)([O-])c2ccccc21.[Na+]. The Morgan fingerprint density at radius 1 is 1.29 bits per heavy atom. The van der Waals surface area contributed by atoms with Gasteiger partial charge in [0.1, 0.15) is 0 Å². The minimum absolute atomic E-state index is 0. The van der Waals surface area contributed by atoms with Gasteiger partial charge in [-0.1, -0.05) is 12.1 Å². The first-order chi connectivity index (χ1) is 5.61. The predicted octanol–water partition coefficient (Wildman–Crippen LogP) is -3.02. The molecular formula is C7H6NNaO4S. The molecule has 0 aromatic heterocycles. The number of fused-ring (bicyclic) bond motifs is 1. The zero-order valence-corrected chi connectivity index (χ0v) is 10.2. The average molecular weight is 223 g/mol. The standard InChI is InChI=1S/C7H5NO3S.Na.H2O/c9-7-5-3-1-2-4-6(5)12(10,11)8-7;;/h1-4H,(H,8,9,10,11);;1H2/q;+1;/p-1. The first-order valence-corrected chi connectivity index (χ1v) is 4.67. The van der Waals surface area contributed by atoms with E-state index in [0.29, 0.717) is 0 Å². The van der Waals surface area contributed by atoms with Gasteiger partial charge >= 0.3 is 29.6 Å². The molecule has 0 aliphatic carbocycles. The van der Waals surface area contributed by atoms with Crippen LogP contribution >= 0.6 is 0 Å². The van der Waals surface area contributed by atoms with Gasteiger partial charge in [0.15, 0.2) is 0 Å². The third kappa shape index (κ3) is 2.05. The summed E-state index contributed by atoms with van der Waals surface area (Å²) in [6.45, 7) is 0. The van der Waals surface area contributed by atoms with Crippen LogP contribution in [0.25, 0.3) is 0 Å². The average Bonchev–Trinajstić information content (AvgIpc) is 2.25. The molecule has 2 N–H and O–H groups in total. The molecule has 7 heteroatoms. The third-order valence-corrected chi connectivity index (χ3v) is 2.92. The molecular weight excluding hydrogens is 217 g/mol. The van der Waals surface area contributed by atoms with Crippen LogP contribution in [0.15, 0.2) is 33.5 Å². The molecule has 1 aromatic carbocycles. The summed E-state index contributed by atoms with van der Waals surface area (Å²) in [5.41, 5.74) is 0.164. The van der Waals surface area contributed by atoms with Crippen LogP contribution in [0, 0.1) is 0 Å². The minimum atomic E-state index is -3.68. The molecule has 0 bridgehead atoms. The monoisotopic (exact) mass is 223 g/mol. The summed E-state index contributed by atoms with van der Waals surface area (Å²) in [6, 6.07) is 5.99. The molecule has 1 unspecified atom stereocenters. The van der Waals surface area contributed by atoms with E-state index < -0.39 is 15.9 Å². The molecule has 1 aliphatic heterocycles. The molecule has 0 spiro atoms. The van der Waals surface area contributed by atoms with Crippen LogP contribution in [-0.2, 0) is 10.0 Å². The third-order valence-electron chi connectivity index (χ3n) is 1.60. The van der Waals surface area contributed by atoms with E-state index in [1.54, 1.807) is 12.1 Å². The van der Waals surface area contributed by atoms with Crippen LogP contribution in [0.1, 0.15) is 10.4 Å². The Bertz CT molecular complexity index is 478. The fourth-order valence-electron chi connectivity index (χ4n) is 1.08. The molecule has 1 amide bonds. The Balaban J connectivity index is 0.000000845. The zero-order valence-electron chi connectivity index (χ0n) is 7.39. The summed E-state index contributed by atoms with van der Waals surface area (Å²) in [6.07, 6.45) is 0. The van der Waals surface area contributed by atoms with E-state index in [-0.39, 0.29) is 45.5 Å². The number of benzene rings is 1. The first-order valence-electron chi connectivity index (χ1n) is 3.23. The summed E-state index contributed by atoms with van der Waals surface area (Å²) < 4.78 is 25.2. The van der Waals surface area contributed by atoms with Crippen LogP contribution < -0.4 is 29.6 Å². The van der Waals surface area contributed by atoms with E-state index >= 15 is 0 Å². The van der Waals surface area contributed by atoms with Crippen molar-refractivity contribution in [1.29, 1.82) is 0 Å². The van der Waals surface area contributed by atoms with Crippen molar-refractivity contribution in [2.24, 2.45) is 4.36 Å². The minimum Gasteiger partial charge on any atom is -0.760 e. The number of rotatable bonds is 0. The summed E-state index contributed by atoms with van der Waals surface area (Å²) in [7, 11) is -3.68. The smallest absolute Gasteiger partial charge is 0.760 e. The number of carbonyl (C=O) groups excluding carboxylic acids is 1. The molecule has 70 valence electrons. The summed E-state index contributed by atoms with van der Waals surface area (Å²) in [5, 5.41) is 0. The van der Waals surface area contributed by atoms with Gasteiger partial charge in [-0.05, 0) is 12.1 Å². The number of hydrogen-bond donors (Lipinski definition) is 0. The molecule has 5 nitrogen and oxygen atoms in total. The molecule has 1 aromatic rings. The number of hydrogen-bond acceptors (Lipinski definition) is 3. The van der Waals surface area contributed by atoms with E-state index in [4.69, 9.17) is 0 Å². The van der Waals surface area contributed by atoms with Crippen LogP contribution in [0.3, 0.4) is 0 Å². The molecule has 0 fully saturated rings. The predicted molar refractivity (Wildman–Crippen MR) is 44.0 cm³/mol. The number of amides is 1. The normalized spacial score (nSPS) is 22.8. The van der Waals surface area contributed by atoms with E-state index in [1.165, 1.54) is 12.1 Å². The summed E-state index contributed by atoms with van der Waals surface area (Å²) in [5.74, 6) is -0.675. The Labute approximate surface area is 103 Å². The van der Waals surface area contributed by atoms with Crippen LogP contribution in [0.2, 0.25) is 0 Å². The Kier molecular flexibility index (Phi) is 4.44. The van der Waals surface area contributed by atoms with Gasteiger partial charge in [0.25, 0.3) is 5.91 Å². The van der Waals surface area contributed by atoms with E-state index in [0.717, 1.165) is 0 Å². The van der Waals surface area contributed by atoms with Crippen molar-refractivity contribution >= 4 is 15.9 Å². The number of carbonyl (C=O) groups is 1. The Morgan fingerprint density at radius 3 is 2.43 bits per heavy atom. The van der Waals surface area contributed by atoms with Crippen molar-refractivity contribution in [2.75, 3.05) is 0 Å². The van der Waals surface area contributed by atoms with E-state index in [9.17, 15) is 13.6 Å². The van der Waals surface area contributed by atoms with Crippen molar-refractivity contribution in [3.63, 3.8) is 0 Å². The topological polar surface area (TPSA) is 101 Å². The molecule has 1 heterocycles. The first kappa shape index (κ1) is 13.8. The summed E-state index contributed by atoms with van der Waals surface area (Å²) >= 11 is 0. The number of nitrogens with zero attached hydrogens (tertiary/aromatic N) is 1. The van der Waals surface area contributed by atoms with Crippen LogP contribution in [0.4, 0.5) is 0 Å². The van der Waals surface area contributed by atoms with Gasteiger partial charge in [-0.2, -0.15) is 4.36 Å². The maximum absolute atomic E-state index is 11.1. The van der Waals surface area contributed by atoms with Crippen molar-refractivity contribution in [2.45, 2.75) is 4.90 Å².